The lowest BCUT2D eigenvalue weighted by molar-refractivity contribution is -0.113. The van der Waals surface area contributed by atoms with E-state index >= 15 is 0 Å². The predicted octanol–water partition coefficient (Wildman–Crippen LogP) is 9.40. The number of aliphatic imine (C=N–C) groups is 1. The standard InChI is InChI=1S/C33H28Cl2N2O3S/c1-4-39-30-17-23(9-16-29(30)40-20-24-10-11-25(34)19-28(24)35)18-31-32(38)37(27-14-7-22(3)8-15-27)33(41-31)36-26-12-5-21(2)6-13-26/h5-19H,4,20H2,1-3H3/b31-18-,36-33?. The van der Waals surface area contributed by atoms with Gasteiger partial charge in [0.05, 0.1) is 22.9 Å². The molecule has 1 aliphatic rings. The van der Waals surface area contributed by atoms with Gasteiger partial charge in [-0.25, -0.2) is 4.99 Å². The number of rotatable bonds is 8. The molecule has 1 aliphatic heterocycles. The van der Waals surface area contributed by atoms with Crippen LogP contribution in [0.5, 0.6) is 11.5 Å². The number of carbonyl (C=O) groups is 1. The second-order valence-corrected chi connectivity index (χ2v) is 11.3. The summed E-state index contributed by atoms with van der Waals surface area (Å²) in [6, 6.07) is 26.7. The Hall–Kier alpha value is -3.71. The Balaban J connectivity index is 1.45. The van der Waals surface area contributed by atoms with Crippen molar-refractivity contribution in [1.29, 1.82) is 0 Å². The average Bonchev–Trinajstić information content (AvgIpc) is 3.25. The van der Waals surface area contributed by atoms with Crippen LogP contribution in [0.4, 0.5) is 11.4 Å². The number of benzene rings is 4. The van der Waals surface area contributed by atoms with E-state index in [9.17, 15) is 4.79 Å². The second-order valence-electron chi connectivity index (χ2n) is 9.48. The van der Waals surface area contributed by atoms with E-state index in [-0.39, 0.29) is 12.5 Å². The first kappa shape index (κ1) is 28.8. The highest BCUT2D eigenvalue weighted by Crippen LogP contribution is 2.39. The van der Waals surface area contributed by atoms with E-state index in [0.29, 0.717) is 38.2 Å². The van der Waals surface area contributed by atoms with Gasteiger partial charge in [0.2, 0.25) is 0 Å². The fourth-order valence-corrected chi connectivity index (χ4v) is 5.61. The van der Waals surface area contributed by atoms with Crippen LogP contribution in [0.2, 0.25) is 10.0 Å². The van der Waals surface area contributed by atoms with Crippen molar-refractivity contribution in [2.45, 2.75) is 27.4 Å². The summed E-state index contributed by atoms with van der Waals surface area (Å²) in [7, 11) is 0. The van der Waals surface area contributed by atoms with Gasteiger partial charge in [-0.15, -0.1) is 0 Å². The Bertz CT molecular complexity index is 1630. The van der Waals surface area contributed by atoms with Crippen LogP contribution in [0.3, 0.4) is 0 Å². The lowest BCUT2D eigenvalue weighted by Crippen LogP contribution is -2.28. The molecule has 208 valence electrons. The first-order valence-electron chi connectivity index (χ1n) is 13.1. The minimum absolute atomic E-state index is 0.139. The molecule has 0 spiro atoms. The number of aryl methyl sites for hydroxylation is 2. The molecule has 0 saturated carbocycles. The predicted molar refractivity (Wildman–Crippen MR) is 171 cm³/mol. The number of amidine groups is 1. The van der Waals surface area contributed by atoms with Gasteiger partial charge in [0.1, 0.15) is 6.61 Å². The monoisotopic (exact) mass is 602 g/mol. The minimum Gasteiger partial charge on any atom is -0.490 e. The van der Waals surface area contributed by atoms with Crippen molar-refractivity contribution in [3.8, 4) is 11.5 Å². The van der Waals surface area contributed by atoms with Gasteiger partial charge in [-0.2, -0.15) is 0 Å². The van der Waals surface area contributed by atoms with Gasteiger partial charge < -0.3 is 9.47 Å². The molecule has 1 amide bonds. The number of anilines is 1. The summed E-state index contributed by atoms with van der Waals surface area (Å²) >= 11 is 13.7. The Kier molecular flexibility index (Phi) is 9.03. The molecule has 0 bridgehead atoms. The summed E-state index contributed by atoms with van der Waals surface area (Å²) in [6.07, 6.45) is 1.86. The summed E-state index contributed by atoms with van der Waals surface area (Å²) in [5, 5.41) is 1.70. The molecule has 4 aromatic rings. The van der Waals surface area contributed by atoms with E-state index in [0.717, 1.165) is 33.6 Å². The van der Waals surface area contributed by atoms with E-state index in [1.807, 2.05) is 99.6 Å². The molecule has 0 aliphatic carbocycles. The number of ether oxygens (including phenoxy) is 2. The zero-order valence-electron chi connectivity index (χ0n) is 22.9. The number of carbonyl (C=O) groups excluding carboxylic acids is 1. The molecular weight excluding hydrogens is 575 g/mol. The third-order valence-corrected chi connectivity index (χ3v) is 7.88. The van der Waals surface area contributed by atoms with Crippen molar-refractivity contribution in [2.75, 3.05) is 11.5 Å². The SMILES string of the molecule is CCOc1cc(/C=C2\SC(=Nc3ccc(C)cc3)N(c3ccc(C)cc3)C2=O)ccc1OCc1ccc(Cl)cc1Cl. The van der Waals surface area contributed by atoms with E-state index in [1.165, 1.54) is 11.8 Å². The molecular formula is C33H28Cl2N2O3S. The summed E-state index contributed by atoms with van der Waals surface area (Å²) in [5.74, 6) is 1.01. The molecule has 0 N–H and O–H groups in total. The molecule has 8 heteroatoms. The quantitative estimate of drug-likeness (QED) is 0.188. The molecule has 41 heavy (non-hydrogen) atoms. The highest BCUT2D eigenvalue weighted by molar-refractivity contribution is 8.19. The molecule has 0 unspecified atom stereocenters. The van der Waals surface area contributed by atoms with Crippen LogP contribution in [0.15, 0.2) is 94.8 Å². The van der Waals surface area contributed by atoms with Crippen molar-refractivity contribution in [1.82, 2.24) is 0 Å². The number of thioether (sulfide) groups is 1. The van der Waals surface area contributed by atoms with E-state index in [2.05, 4.69) is 0 Å². The molecule has 5 rings (SSSR count). The molecule has 4 aromatic carbocycles. The van der Waals surface area contributed by atoms with Crippen LogP contribution in [0, 0.1) is 13.8 Å². The molecule has 0 atom stereocenters. The van der Waals surface area contributed by atoms with Crippen LogP contribution in [0.25, 0.3) is 6.08 Å². The van der Waals surface area contributed by atoms with Crippen LogP contribution in [-0.4, -0.2) is 17.7 Å². The minimum atomic E-state index is -0.139. The van der Waals surface area contributed by atoms with Crippen molar-refractivity contribution < 1.29 is 14.3 Å². The van der Waals surface area contributed by atoms with Crippen molar-refractivity contribution in [2.24, 2.45) is 4.99 Å². The summed E-state index contributed by atoms with van der Waals surface area (Å²) in [5.41, 5.74) is 5.43. The molecule has 0 radical (unpaired) electrons. The van der Waals surface area contributed by atoms with Crippen LogP contribution in [-0.2, 0) is 11.4 Å². The largest absolute Gasteiger partial charge is 0.490 e. The lowest BCUT2D eigenvalue weighted by Gasteiger charge is -2.16. The van der Waals surface area contributed by atoms with E-state index in [4.69, 9.17) is 37.7 Å². The topological polar surface area (TPSA) is 51.1 Å². The fourth-order valence-electron chi connectivity index (χ4n) is 4.15. The Morgan fingerprint density at radius 3 is 2.24 bits per heavy atom. The van der Waals surface area contributed by atoms with Gasteiger partial charge in [0.15, 0.2) is 16.7 Å². The van der Waals surface area contributed by atoms with Gasteiger partial charge in [-0.1, -0.05) is 70.7 Å². The third-order valence-electron chi connectivity index (χ3n) is 6.32. The zero-order chi connectivity index (χ0) is 28.9. The number of hydrogen-bond acceptors (Lipinski definition) is 5. The van der Waals surface area contributed by atoms with Crippen LogP contribution < -0.4 is 14.4 Å². The number of nitrogens with zero attached hydrogens (tertiary/aromatic N) is 2. The molecule has 0 aromatic heterocycles. The molecule has 1 saturated heterocycles. The number of hydrogen-bond donors (Lipinski definition) is 0. The van der Waals surface area contributed by atoms with Crippen molar-refractivity contribution in [3.05, 3.63) is 122 Å². The van der Waals surface area contributed by atoms with Gasteiger partial charge in [-0.3, -0.25) is 9.69 Å². The Morgan fingerprint density at radius 2 is 1.56 bits per heavy atom. The summed E-state index contributed by atoms with van der Waals surface area (Å²) in [4.78, 5) is 20.8. The lowest BCUT2D eigenvalue weighted by atomic mass is 10.1. The summed E-state index contributed by atoms with van der Waals surface area (Å²) < 4.78 is 11.9. The van der Waals surface area contributed by atoms with Crippen molar-refractivity contribution >= 4 is 63.5 Å². The highest BCUT2D eigenvalue weighted by Gasteiger charge is 2.34. The van der Waals surface area contributed by atoms with Gasteiger partial charge in [0.25, 0.3) is 5.91 Å². The van der Waals surface area contributed by atoms with Gasteiger partial charge in [-0.05, 0) is 92.7 Å². The third kappa shape index (κ3) is 6.96. The molecule has 1 heterocycles. The Morgan fingerprint density at radius 1 is 0.854 bits per heavy atom. The first-order valence-corrected chi connectivity index (χ1v) is 14.7. The Labute approximate surface area is 254 Å². The number of halogens is 2. The fraction of sp³-hybridized carbons (Fsp3) is 0.152. The van der Waals surface area contributed by atoms with E-state index in [1.54, 1.807) is 17.0 Å². The highest BCUT2D eigenvalue weighted by atomic mass is 35.5. The smallest absolute Gasteiger partial charge is 0.271 e. The van der Waals surface area contributed by atoms with Gasteiger partial charge in [0, 0.05) is 15.6 Å². The van der Waals surface area contributed by atoms with Crippen molar-refractivity contribution in [3.63, 3.8) is 0 Å². The van der Waals surface area contributed by atoms with E-state index < -0.39 is 0 Å². The molecule has 5 nitrogen and oxygen atoms in total. The second kappa shape index (κ2) is 12.9. The summed E-state index contributed by atoms with van der Waals surface area (Å²) in [6.45, 7) is 6.68. The number of amides is 1. The van der Waals surface area contributed by atoms with Gasteiger partial charge >= 0.3 is 0 Å². The maximum Gasteiger partial charge on any atom is 0.271 e. The zero-order valence-corrected chi connectivity index (χ0v) is 25.2. The maximum atomic E-state index is 13.7. The van der Waals surface area contributed by atoms with Crippen LogP contribution in [0.1, 0.15) is 29.2 Å². The first-order chi connectivity index (χ1) is 19.8. The maximum absolute atomic E-state index is 13.7. The van der Waals surface area contributed by atoms with Crippen LogP contribution >= 0.6 is 35.0 Å². The average molecular weight is 604 g/mol. The normalized spacial score (nSPS) is 15.1. The molecule has 1 fully saturated rings.